The van der Waals surface area contributed by atoms with Crippen molar-refractivity contribution < 1.29 is 48.9 Å². The largest absolute Gasteiger partial charge is 0.480 e. The average molecular weight is 876 g/mol. The first kappa shape index (κ1) is 47.1. The summed E-state index contributed by atoms with van der Waals surface area (Å²) in [4.78, 5) is 116. The Kier molecular flexibility index (Phi) is 16.6. The lowest BCUT2D eigenvalue weighted by Crippen LogP contribution is -2.62. The third-order valence-electron chi connectivity index (χ3n) is 10.4. The summed E-state index contributed by atoms with van der Waals surface area (Å²) in [7, 11) is 0. The van der Waals surface area contributed by atoms with E-state index < -0.39 is 95.9 Å². The number of aliphatic carboxylic acids is 1. The molecular formula is C40H53N13O10. The van der Waals surface area contributed by atoms with Crippen molar-refractivity contribution in [2.24, 2.45) is 5.73 Å². The second kappa shape index (κ2) is 22.2. The average Bonchev–Trinajstić information content (AvgIpc) is 4.10. The van der Waals surface area contributed by atoms with Gasteiger partial charge >= 0.3 is 5.97 Å². The quantitative estimate of drug-likeness (QED) is 0.0369. The number of carbonyl (C=O) groups excluding carboxylic acids is 6. The summed E-state index contributed by atoms with van der Waals surface area (Å²) >= 11 is 0. The van der Waals surface area contributed by atoms with Crippen LogP contribution in [0.15, 0.2) is 67.9 Å². The molecule has 4 heterocycles. The van der Waals surface area contributed by atoms with Crippen LogP contribution in [0.25, 0.3) is 0 Å². The summed E-state index contributed by atoms with van der Waals surface area (Å²) in [5, 5.41) is 43.6. The summed E-state index contributed by atoms with van der Waals surface area (Å²) in [6, 6.07) is -0.839. The van der Waals surface area contributed by atoms with Gasteiger partial charge in [-0.15, -0.1) is 0 Å². The number of aliphatic hydroxyl groups is 2. The van der Waals surface area contributed by atoms with Gasteiger partial charge in [-0.2, -0.15) is 0 Å². The van der Waals surface area contributed by atoms with Crippen LogP contribution in [0.3, 0.4) is 0 Å². The minimum atomic E-state index is -1.64. The number of nitrogens with two attached hydrogens (primary N) is 1. The topological polar surface area (TPSA) is 356 Å². The lowest BCUT2D eigenvalue weighted by Gasteiger charge is -2.31. The molecule has 0 saturated carbocycles. The van der Waals surface area contributed by atoms with Gasteiger partial charge in [-0.3, -0.25) is 28.8 Å². The van der Waals surface area contributed by atoms with Crippen LogP contribution in [0.2, 0.25) is 0 Å². The Balaban J connectivity index is 1.30. The van der Waals surface area contributed by atoms with Gasteiger partial charge < -0.3 is 67.5 Å². The van der Waals surface area contributed by atoms with Crippen molar-refractivity contribution in [3.63, 3.8) is 0 Å². The van der Waals surface area contributed by atoms with Gasteiger partial charge in [-0.25, -0.2) is 19.7 Å². The highest BCUT2D eigenvalue weighted by molar-refractivity contribution is 5.97. The SMILES string of the molecule is C[C@@H](O)[C@H](NC(=O)[C@H](Cc1ccccc1)NC(=O)[C@@H](N)Cc1cnc[nH]1)C(=O)N[C@@H](Cc1cnc[nH]1)C(=O)N1CCC[C@H]1C(=O)N[C@H](C(=O)N[C@@H](Cc1cnc[nH]1)C(=O)O)[C@@H](C)O. The summed E-state index contributed by atoms with van der Waals surface area (Å²) < 4.78 is 0. The number of aromatic amines is 3. The van der Waals surface area contributed by atoms with E-state index >= 15 is 0 Å². The molecule has 0 radical (unpaired) electrons. The molecule has 0 unspecified atom stereocenters. The van der Waals surface area contributed by atoms with Crippen molar-refractivity contribution in [2.75, 3.05) is 6.54 Å². The molecule has 1 aliphatic rings. The van der Waals surface area contributed by atoms with E-state index in [4.69, 9.17) is 5.73 Å². The number of benzene rings is 1. The molecule has 0 bridgehead atoms. The standard InChI is InChI=1S/C40H53N13O10/c1-21(54)32(51-35(57)28(11-23-7-4-3-5-8-23)48-34(56)27(41)12-24-15-42-18-45-24)37(59)49-29(13-25-16-43-19-46-25)39(61)53-10-6-9-31(53)36(58)52-33(22(2)55)38(60)50-30(40(62)63)14-26-17-44-20-47-26/h3-5,7-8,15-22,27-33,54-55H,6,9-14,41H2,1-2H3,(H,42,45)(H,43,46)(H,44,47)(H,48,56)(H,49,59)(H,50,60)(H,51,57)(H,52,58)(H,62,63)/t21-,22-,27+,28+,29+,30+,31+,32+,33+/m1/s1. The zero-order chi connectivity index (χ0) is 45.6. The summed E-state index contributed by atoms with van der Waals surface area (Å²) in [6.45, 7) is 2.55. The number of hydrogen-bond donors (Lipinski definition) is 12. The van der Waals surface area contributed by atoms with E-state index in [0.29, 0.717) is 29.1 Å². The molecule has 23 nitrogen and oxygen atoms in total. The van der Waals surface area contributed by atoms with Crippen LogP contribution in [0.1, 0.15) is 49.3 Å². The molecule has 5 rings (SSSR count). The van der Waals surface area contributed by atoms with Crippen LogP contribution < -0.4 is 32.3 Å². The van der Waals surface area contributed by atoms with Gasteiger partial charge in [0.05, 0.1) is 37.2 Å². The Morgan fingerprint density at radius 1 is 0.683 bits per heavy atom. The first-order chi connectivity index (χ1) is 30.1. The maximum Gasteiger partial charge on any atom is 0.326 e. The minimum Gasteiger partial charge on any atom is -0.480 e. The smallest absolute Gasteiger partial charge is 0.326 e. The van der Waals surface area contributed by atoms with E-state index in [0.717, 1.165) is 0 Å². The van der Waals surface area contributed by atoms with Crippen molar-refractivity contribution in [1.29, 1.82) is 0 Å². The van der Waals surface area contributed by atoms with Crippen LogP contribution in [0.5, 0.6) is 0 Å². The van der Waals surface area contributed by atoms with Crippen molar-refractivity contribution in [3.8, 4) is 0 Å². The lowest BCUT2D eigenvalue weighted by atomic mass is 10.0. The molecule has 1 saturated heterocycles. The van der Waals surface area contributed by atoms with E-state index in [-0.39, 0.29) is 38.6 Å². The fourth-order valence-corrected chi connectivity index (χ4v) is 7.04. The predicted octanol–water partition coefficient (Wildman–Crippen LogP) is -3.29. The number of aliphatic hydroxyl groups excluding tert-OH is 2. The van der Waals surface area contributed by atoms with Gasteiger partial charge in [0.25, 0.3) is 0 Å². The molecule has 1 aliphatic heterocycles. The molecule has 338 valence electrons. The molecule has 63 heavy (non-hydrogen) atoms. The number of H-pyrrole nitrogens is 3. The van der Waals surface area contributed by atoms with Crippen LogP contribution in [0, 0.1) is 0 Å². The van der Waals surface area contributed by atoms with Crippen molar-refractivity contribution >= 4 is 41.4 Å². The molecule has 1 aromatic carbocycles. The summed E-state index contributed by atoms with van der Waals surface area (Å²) in [5.74, 6) is -6.37. The Hall–Kier alpha value is -6.98. The highest BCUT2D eigenvalue weighted by Crippen LogP contribution is 2.20. The fraction of sp³-hybridized carbons (Fsp3) is 0.450. The second-order valence-electron chi connectivity index (χ2n) is 15.3. The van der Waals surface area contributed by atoms with Crippen molar-refractivity contribution in [1.82, 2.24) is 61.4 Å². The monoisotopic (exact) mass is 875 g/mol. The van der Waals surface area contributed by atoms with Gasteiger partial charge in [-0.1, -0.05) is 30.3 Å². The maximum atomic E-state index is 14.4. The summed E-state index contributed by atoms with van der Waals surface area (Å²) in [5.41, 5.74) is 8.24. The first-order valence-electron chi connectivity index (χ1n) is 20.2. The van der Waals surface area contributed by atoms with Gasteiger partial charge in [0.15, 0.2) is 0 Å². The number of nitrogens with zero attached hydrogens (tertiary/aromatic N) is 4. The number of carboxylic acids is 1. The van der Waals surface area contributed by atoms with E-state index in [1.807, 2.05) is 0 Å². The van der Waals surface area contributed by atoms with E-state index in [1.54, 1.807) is 30.3 Å². The minimum absolute atomic E-state index is 0.00835. The zero-order valence-electron chi connectivity index (χ0n) is 34.6. The van der Waals surface area contributed by atoms with Gasteiger partial charge in [-0.05, 0) is 32.3 Å². The third kappa shape index (κ3) is 13.3. The van der Waals surface area contributed by atoms with Crippen LogP contribution in [0.4, 0.5) is 0 Å². The Bertz CT molecular complexity index is 2130. The number of aromatic nitrogens is 6. The molecule has 3 aromatic heterocycles. The highest BCUT2D eigenvalue weighted by Gasteiger charge is 2.41. The third-order valence-corrected chi connectivity index (χ3v) is 10.4. The zero-order valence-corrected chi connectivity index (χ0v) is 34.6. The van der Waals surface area contributed by atoms with E-state index in [2.05, 4.69) is 56.5 Å². The molecule has 0 aliphatic carbocycles. The van der Waals surface area contributed by atoms with Crippen LogP contribution >= 0.6 is 0 Å². The predicted molar refractivity (Wildman–Crippen MR) is 220 cm³/mol. The number of rotatable bonds is 22. The van der Waals surface area contributed by atoms with Gasteiger partial charge in [0.2, 0.25) is 35.4 Å². The number of likely N-dealkylation sites (tertiary alicyclic amines) is 1. The number of hydrogen-bond acceptors (Lipinski definition) is 13. The molecule has 9 atom stereocenters. The number of carboxylic acid groups (broad SMARTS) is 1. The molecule has 6 amide bonds. The van der Waals surface area contributed by atoms with Crippen LogP contribution in [-0.2, 0) is 59.2 Å². The molecular weight excluding hydrogens is 823 g/mol. The Labute approximate surface area is 360 Å². The van der Waals surface area contributed by atoms with Gasteiger partial charge in [0.1, 0.15) is 36.3 Å². The summed E-state index contributed by atoms with van der Waals surface area (Å²) in [6.07, 6.45) is 5.69. The Morgan fingerprint density at radius 3 is 1.71 bits per heavy atom. The fourth-order valence-electron chi connectivity index (χ4n) is 7.04. The first-order valence-corrected chi connectivity index (χ1v) is 20.2. The number of amides is 6. The van der Waals surface area contributed by atoms with E-state index in [9.17, 15) is 48.9 Å². The van der Waals surface area contributed by atoms with Crippen molar-refractivity contribution in [2.45, 2.75) is 107 Å². The number of imidazole rings is 3. The normalized spacial score (nSPS) is 17.5. The number of carbonyl (C=O) groups is 7. The lowest BCUT2D eigenvalue weighted by molar-refractivity contribution is -0.144. The second-order valence-corrected chi connectivity index (χ2v) is 15.3. The highest BCUT2D eigenvalue weighted by atomic mass is 16.4. The van der Waals surface area contributed by atoms with E-state index in [1.165, 1.54) is 56.3 Å². The van der Waals surface area contributed by atoms with Gasteiger partial charge in [0, 0.05) is 67.9 Å². The molecule has 1 fully saturated rings. The van der Waals surface area contributed by atoms with Crippen LogP contribution in [-0.4, -0.2) is 153 Å². The Morgan fingerprint density at radius 2 is 1.19 bits per heavy atom. The molecule has 0 spiro atoms. The molecule has 23 heteroatoms. The molecule has 4 aromatic rings. The molecule has 13 N–H and O–H groups in total. The number of nitrogens with one attached hydrogen (secondary N) is 8. The maximum absolute atomic E-state index is 14.4. The van der Waals surface area contributed by atoms with Crippen molar-refractivity contribution in [3.05, 3.63) is 90.5 Å².